The number of halogens is 1. The zero-order valence-corrected chi connectivity index (χ0v) is 15.7. The summed E-state index contributed by atoms with van der Waals surface area (Å²) in [6.45, 7) is 2.62. The molecule has 140 valence electrons. The van der Waals surface area contributed by atoms with Crippen LogP contribution in [0.3, 0.4) is 0 Å². The van der Waals surface area contributed by atoms with E-state index in [9.17, 15) is 9.59 Å². The smallest absolute Gasteiger partial charge is 0.409 e. The van der Waals surface area contributed by atoms with Crippen LogP contribution in [0, 0.1) is 23.2 Å². The first-order valence-corrected chi connectivity index (χ1v) is 10.4. The Labute approximate surface area is 155 Å². The van der Waals surface area contributed by atoms with E-state index in [1.165, 1.54) is 38.5 Å². The first-order chi connectivity index (χ1) is 12.1. The first-order valence-electron chi connectivity index (χ1n) is 9.82. The summed E-state index contributed by atoms with van der Waals surface area (Å²) in [5.74, 6) is 3.26. The largest absolute Gasteiger partial charge is 0.448 e. The summed E-state index contributed by atoms with van der Waals surface area (Å²) in [6, 6.07) is 0. The van der Waals surface area contributed by atoms with Gasteiger partial charge in [0, 0.05) is 32.6 Å². The molecule has 0 aromatic heterocycles. The monoisotopic (exact) mass is 368 g/mol. The lowest BCUT2D eigenvalue weighted by molar-refractivity contribution is -0.141. The van der Waals surface area contributed by atoms with Crippen LogP contribution in [-0.2, 0) is 9.53 Å². The molecule has 5 aliphatic rings. The van der Waals surface area contributed by atoms with Gasteiger partial charge in [0.15, 0.2) is 0 Å². The van der Waals surface area contributed by atoms with Gasteiger partial charge in [-0.1, -0.05) is 0 Å². The van der Waals surface area contributed by atoms with Crippen molar-refractivity contribution in [3.05, 3.63) is 0 Å². The van der Waals surface area contributed by atoms with Crippen molar-refractivity contribution in [3.63, 3.8) is 0 Å². The van der Waals surface area contributed by atoms with Crippen molar-refractivity contribution in [2.75, 3.05) is 38.7 Å². The summed E-state index contributed by atoms with van der Waals surface area (Å²) < 4.78 is 5.07. The molecule has 5 rings (SSSR count). The van der Waals surface area contributed by atoms with E-state index in [0.717, 1.165) is 24.2 Å². The molecule has 0 aromatic rings. The number of rotatable bonds is 4. The number of hydrogen-bond acceptors (Lipinski definition) is 3. The van der Waals surface area contributed by atoms with E-state index < -0.39 is 0 Å². The lowest BCUT2D eigenvalue weighted by atomic mass is 9.49. The molecule has 4 aliphatic carbocycles. The quantitative estimate of drug-likeness (QED) is 0.716. The van der Waals surface area contributed by atoms with Gasteiger partial charge in [-0.25, -0.2) is 4.79 Å². The number of ether oxygens (including phenoxy) is 1. The van der Waals surface area contributed by atoms with Gasteiger partial charge in [0.25, 0.3) is 0 Å². The fourth-order valence-corrected chi connectivity index (χ4v) is 6.37. The van der Waals surface area contributed by atoms with E-state index in [4.69, 9.17) is 16.3 Å². The fraction of sp³-hybridized carbons (Fsp3) is 0.895. The average molecular weight is 369 g/mol. The van der Waals surface area contributed by atoms with E-state index in [1.54, 1.807) is 4.90 Å². The van der Waals surface area contributed by atoms with Crippen LogP contribution in [0.25, 0.3) is 0 Å². The molecule has 1 aliphatic heterocycles. The van der Waals surface area contributed by atoms with Crippen LogP contribution in [0.2, 0.25) is 0 Å². The van der Waals surface area contributed by atoms with Crippen molar-refractivity contribution in [2.24, 2.45) is 23.2 Å². The lowest BCUT2D eigenvalue weighted by Gasteiger charge is -2.57. The Morgan fingerprint density at radius 3 is 1.96 bits per heavy atom. The molecule has 0 aromatic carbocycles. The molecular formula is C19H29ClN2O3. The average Bonchev–Trinajstić information content (AvgIpc) is 2.58. The number of carbonyl (C=O) groups is 2. The van der Waals surface area contributed by atoms with Gasteiger partial charge in [-0.2, -0.15) is 0 Å². The van der Waals surface area contributed by atoms with Gasteiger partial charge < -0.3 is 14.5 Å². The number of carbonyl (C=O) groups excluding carboxylic acids is 2. The molecule has 4 saturated carbocycles. The second-order valence-corrected chi connectivity index (χ2v) is 9.14. The molecular weight excluding hydrogens is 340 g/mol. The fourth-order valence-electron chi connectivity index (χ4n) is 6.29. The molecule has 0 spiro atoms. The zero-order chi connectivity index (χ0) is 17.4. The summed E-state index contributed by atoms with van der Waals surface area (Å²) in [5.41, 5.74) is 0.294. The second-order valence-electron chi connectivity index (χ2n) is 8.77. The molecule has 1 saturated heterocycles. The Kier molecular flexibility index (Phi) is 4.87. The van der Waals surface area contributed by atoms with Gasteiger partial charge in [0.1, 0.15) is 6.61 Å². The van der Waals surface area contributed by atoms with Crippen molar-refractivity contribution in [2.45, 2.75) is 44.9 Å². The highest BCUT2D eigenvalue weighted by atomic mass is 35.5. The highest BCUT2D eigenvalue weighted by Crippen LogP contribution is 2.61. The van der Waals surface area contributed by atoms with Crippen LogP contribution < -0.4 is 0 Å². The number of amides is 2. The molecule has 25 heavy (non-hydrogen) atoms. The SMILES string of the molecule is O=C(CC12CC3CC(CC(C3)C1)C2)N1CCN(C(=O)OCCCl)CC1. The third-order valence-corrected chi connectivity index (χ3v) is 7.04. The number of nitrogens with zero attached hydrogens (tertiary/aromatic N) is 2. The van der Waals surface area contributed by atoms with Crippen molar-refractivity contribution in [1.82, 2.24) is 9.80 Å². The van der Waals surface area contributed by atoms with Gasteiger partial charge in [-0.15, -0.1) is 11.6 Å². The summed E-state index contributed by atoms with van der Waals surface area (Å²) in [5, 5.41) is 0. The normalized spacial score (nSPS) is 36.6. The zero-order valence-electron chi connectivity index (χ0n) is 14.9. The molecule has 0 radical (unpaired) electrons. The molecule has 0 unspecified atom stereocenters. The van der Waals surface area contributed by atoms with Gasteiger partial charge in [-0.3, -0.25) is 4.79 Å². The van der Waals surface area contributed by atoms with Crippen LogP contribution >= 0.6 is 11.6 Å². The van der Waals surface area contributed by atoms with Crippen LogP contribution in [0.15, 0.2) is 0 Å². The third-order valence-electron chi connectivity index (χ3n) is 6.88. The van der Waals surface area contributed by atoms with E-state index in [-0.39, 0.29) is 12.7 Å². The lowest BCUT2D eigenvalue weighted by Crippen LogP contribution is -2.53. The van der Waals surface area contributed by atoms with Crippen LogP contribution in [0.5, 0.6) is 0 Å². The van der Waals surface area contributed by atoms with E-state index >= 15 is 0 Å². The van der Waals surface area contributed by atoms with E-state index in [0.29, 0.717) is 43.4 Å². The molecule has 5 fully saturated rings. The topological polar surface area (TPSA) is 49.9 Å². The molecule has 6 heteroatoms. The number of alkyl halides is 1. The predicted molar refractivity (Wildman–Crippen MR) is 95.4 cm³/mol. The summed E-state index contributed by atoms with van der Waals surface area (Å²) in [6.07, 6.45) is 8.48. The number of piperazine rings is 1. The third kappa shape index (κ3) is 3.62. The second kappa shape index (κ2) is 6.98. The highest BCUT2D eigenvalue weighted by Gasteiger charge is 2.51. The minimum absolute atomic E-state index is 0.242. The maximum atomic E-state index is 12.9. The van der Waals surface area contributed by atoms with Gasteiger partial charge >= 0.3 is 6.09 Å². The van der Waals surface area contributed by atoms with Crippen molar-refractivity contribution < 1.29 is 14.3 Å². The van der Waals surface area contributed by atoms with Crippen LogP contribution in [0.4, 0.5) is 4.79 Å². The van der Waals surface area contributed by atoms with Crippen LogP contribution in [0.1, 0.15) is 44.9 Å². The number of hydrogen-bond donors (Lipinski definition) is 0. The Hall–Kier alpha value is -0.970. The maximum absolute atomic E-state index is 12.9. The highest BCUT2D eigenvalue weighted by molar-refractivity contribution is 6.18. The molecule has 0 N–H and O–H groups in total. The van der Waals surface area contributed by atoms with Gasteiger partial charge in [0.2, 0.25) is 5.91 Å². The Bertz CT molecular complexity index is 495. The maximum Gasteiger partial charge on any atom is 0.409 e. The minimum Gasteiger partial charge on any atom is -0.448 e. The Morgan fingerprint density at radius 2 is 1.44 bits per heavy atom. The van der Waals surface area contributed by atoms with Crippen LogP contribution in [-0.4, -0.2) is 60.5 Å². The molecule has 2 amide bonds. The standard InChI is InChI=1S/C19H29ClN2O3/c20-1-6-25-18(24)22-4-2-21(3-5-22)17(23)13-19-10-14-7-15(11-19)9-16(8-14)12-19/h14-16H,1-13H2. The minimum atomic E-state index is -0.311. The first kappa shape index (κ1) is 17.4. The van der Waals surface area contributed by atoms with Crippen molar-refractivity contribution >= 4 is 23.6 Å². The Balaban J connectivity index is 1.29. The predicted octanol–water partition coefficient (Wildman–Crippen LogP) is 3.11. The van der Waals surface area contributed by atoms with Gasteiger partial charge in [0.05, 0.1) is 5.88 Å². The Morgan fingerprint density at radius 1 is 0.920 bits per heavy atom. The molecule has 5 nitrogen and oxygen atoms in total. The molecule has 0 atom stereocenters. The summed E-state index contributed by atoms with van der Waals surface area (Å²) >= 11 is 5.55. The van der Waals surface area contributed by atoms with Crippen molar-refractivity contribution in [3.8, 4) is 0 Å². The van der Waals surface area contributed by atoms with E-state index in [2.05, 4.69) is 0 Å². The van der Waals surface area contributed by atoms with E-state index in [1.807, 2.05) is 4.90 Å². The molecule has 1 heterocycles. The van der Waals surface area contributed by atoms with Gasteiger partial charge in [-0.05, 0) is 61.7 Å². The summed E-state index contributed by atoms with van der Waals surface area (Å²) in [7, 11) is 0. The summed E-state index contributed by atoms with van der Waals surface area (Å²) in [4.78, 5) is 28.4. The molecule has 4 bridgehead atoms. The van der Waals surface area contributed by atoms with Crippen molar-refractivity contribution in [1.29, 1.82) is 0 Å².